The molecule has 1 heterocycles. The zero-order chi connectivity index (χ0) is 13.1. The summed E-state index contributed by atoms with van der Waals surface area (Å²) >= 11 is 5.03. The van der Waals surface area contributed by atoms with Crippen molar-refractivity contribution in [1.29, 1.82) is 0 Å². The van der Waals surface area contributed by atoms with Crippen molar-refractivity contribution in [3.63, 3.8) is 0 Å². The fraction of sp³-hybridized carbons (Fsp3) is 0.182. The van der Waals surface area contributed by atoms with Crippen molar-refractivity contribution >= 4 is 23.2 Å². The maximum atomic E-state index is 12.5. The second-order valence-corrected chi connectivity index (χ2v) is 4.00. The molecular weight excluding hydrogens is 259 g/mol. The van der Waals surface area contributed by atoms with Crippen LogP contribution in [0.2, 0.25) is 0 Å². The zero-order valence-electron chi connectivity index (χ0n) is 9.45. The number of rotatable bonds is 3. The van der Waals surface area contributed by atoms with Crippen LogP contribution in [0.4, 0.5) is 10.1 Å². The molecule has 5 nitrogen and oxygen atoms in total. The van der Waals surface area contributed by atoms with Crippen LogP contribution in [-0.2, 0) is 4.79 Å². The Hall–Kier alpha value is -1.95. The number of nitrogens with zero attached hydrogens (tertiary/aromatic N) is 2. The lowest BCUT2D eigenvalue weighted by Gasteiger charge is -2.05. The number of anilines is 1. The number of amides is 1. The van der Waals surface area contributed by atoms with Crippen molar-refractivity contribution in [2.24, 2.45) is 0 Å². The molecule has 1 aromatic carbocycles. The molecule has 0 bridgehead atoms. The van der Waals surface area contributed by atoms with Gasteiger partial charge in [0.1, 0.15) is 5.82 Å². The normalized spacial score (nSPS) is 12.2. The summed E-state index contributed by atoms with van der Waals surface area (Å²) in [5.41, 5.74) is -0.926. The van der Waals surface area contributed by atoms with Gasteiger partial charge in [0.05, 0.1) is 0 Å². The van der Waals surface area contributed by atoms with Crippen molar-refractivity contribution in [3.8, 4) is 11.4 Å². The average molecular weight is 269 g/mol. The van der Waals surface area contributed by atoms with Gasteiger partial charge in [0.2, 0.25) is 0 Å². The van der Waals surface area contributed by atoms with Gasteiger partial charge in [0.15, 0.2) is 5.82 Å². The van der Waals surface area contributed by atoms with Crippen LogP contribution in [0.5, 0.6) is 0 Å². The highest BCUT2D eigenvalue weighted by Crippen LogP contribution is 2.19. The largest absolute Gasteiger partial charge is 0.322 e. The van der Waals surface area contributed by atoms with Crippen LogP contribution in [0.3, 0.4) is 0 Å². The number of aromatic amines is 1. The van der Waals surface area contributed by atoms with E-state index >= 15 is 0 Å². The van der Waals surface area contributed by atoms with Crippen molar-refractivity contribution in [2.75, 3.05) is 5.32 Å². The molecule has 1 unspecified atom stereocenters. The van der Waals surface area contributed by atoms with Crippen LogP contribution in [0, 0.1) is 6.92 Å². The predicted octanol–water partition coefficient (Wildman–Crippen LogP) is 2.25. The van der Waals surface area contributed by atoms with Crippen LogP contribution >= 0.6 is 11.6 Å². The molecule has 1 amide bonds. The number of aromatic nitrogens is 3. The third kappa shape index (κ3) is 2.84. The Labute approximate surface area is 107 Å². The van der Waals surface area contributed by atoms with E-state index in [0.717, 1.165) is 0 Å². The van der Waals surface area contributed by atoms with Crippen LogP contribution in [0.15, 0.2) is 24.3 Å². The lowest BCUT2D eigenvalue weighted by Crippen LogP contribution is -2.19. The lowest BCUT2D eigenvalue weighted by molar-refractivity contribution is -0.118. The SMILES string of the molecule is Cc1nc(-c2cccc(NC(=O)C(F)Cl)c2)n[nH]1. The van der Waals surface area contributed by atoms with E-state index in [2.05, 4.69) is 20.5 Å². The number of benzene rings is 1. The number of hydrogen-bond donors (Lipinski definition) is 2. The Balaban J connectivity index is 2.23. The van der Waals surface area contributed by atoms with E-state index in [0.29, 0.717) is 22.9 Å². The summed E-state index contributed by atoms with van der Waals surface area (Å²) in [5, 5.41) is 9.06. The molecular formula is C11H10ClFN4O. The Morgan fingerprint density at radius 1 is 1.56 bits per heavy atom. The van der Waals surface area contributed by atoms with Crippen molar-refractivity contribution in [2.45, 2.75) is 12.6 Å². The van der Waals surface area contributed by atoms with Gasteiger partial charge < -0.3 is 5.32 Å². The molecule has 0 saturated heterocycles. The Bertz CT molecular complexity index is 570. The molecule has 0 aliphatic rings. The minimum atomic E-state index is -2.07. The van der Waals surface area contributed by atoms with Crippen LogP contribution in [0.25, 0.3) is 11.4 Å². The molecule has 0 aliphatic heterocycles. The van der Waals surface area contributed by atoms with Gasteiger partial charge in [0.25, 0.3) is 11.5 Å². The maximum Gasteiger partial charge on any atom is 0.274 e. The van der Waals surface area contributed by atoms with Gasteiger partial charge in [-0.3, -0.25) is 9.89 Å². The fourth-order valence-electron chi connectivity index (χ4n) is 1.40. The van der Waals surface area contributed by atoms with Crippen molar-refractivity contribution < 1.29 is 9.18 Å². The highest BCUT2D eigenvalue weighted by Gasteiger charge is 2.13. The Morgan fingerprint density at radius 2 is 2.33 bits per heavy atom. The molecule has 94 valence electrons. The van der Waals surface area contributed by atoms with Crippen molar-refractivity contribution in [1.82, 2.24) is 15.2 Å². The third-order valence-corrected chi connectivity index (χ3v) is 2.38. The Kier molecular flexibility index (Phi) is 3.57. The molecule has 7 heteroatoms. The summed E-state index contributed by atoms with van der Waals surface area (Å²) in [5.74, 6) is 0.287. The fourth-order valence-corrected chi connectivity index (χ4v) is 1.46. The first kappa shape index (κ1) is 12.5. The number of carbonyl (C=O) groups excluding carboxylic acids is 1. The van der Waals surface area contributed by atoms with Gasteiger partial charge in [-0.1, -0.05) is 23.7 Å². The van der Waals surface area contributed by atoms with Crippen LogP contribution < -0.4 is 5.32 Å². The third-order valence-electron chi connectivity index (χ3n) is 2.18. The molecule has 1 atom stereocenters. The molecule has 0 spiro atoms. The maximum absolute atomic E-state index is 12.5. The monoisotopic (exact) mass is 268 g/mol. The summed E-state index contributed by atoms with van der Waals surface area (Å²) in [6, 6.07) is 6.75. The van der Waals surface area contributed by atoms with Crippen LogP contribution in [0.1, 0.15) is 5.82 Å². The molecule has 0 saturated carbocycles. The summed E-state index contributed by atoms with van der Waals surface area (Å²) < 4.78 is 12.5. The second-order valence-electron chi connectivity index (χ2n) is 3.62. The first-order valence-electron chi connectivity index (χ1n) is 5.15. The quantitative estimate of drug-likeness (QED) is 0.839. The smallest absolute Gasteiger partial charge is 0.274 e. The van der Waals surface area contributed by atoms with E-state index in [9.17, 15) is 9.18 Å². The van der Waals surface area contributed by atoms with Gasteiger partial charge in [-0.05, 0) is 19.1 Å². The van der Waals surface area contributed by atoms with Gasteiger partial charge in [-0.2, -0.15) is 5.10 Å². The topological polar surface area (TPSA) is 70.7 Å². The molecule has 2 N–H and O–H groups in total. The summed E-state index contributed by atoms with van der Waals surface area (Å²) in [6.45, 7) is 1.78. The molecule has 2 rings (SSSR count). The second kappa shape index (κ2) is 5.14. The number of halogens is 2. The molecule has 1 aromatic heterocycles. The van der Waals surface area contributed by atoms with E-state index in [1.165, 1.54) is 0 Å². The van der Waals surface area contributed by atoms with E-state index in [-0.39, 0.29) is 0 Å². The van der Waals surface area contributed by atoms with E-state index in [1.807, 2.05) is 0 Å². The van der Waals surface area contributed by atoms with Gasteiger partial charge in [-0.25, -0.2) is 9.37 Å². The zero-order valence-corrected chi connectivity index (χ0v) is 10.2. The van der Waals surface area contributed by atoms with Gasteiger partial charge in [0, 0.05) is 11.3 Å². The number of nitrogens with one attached hydrogen (secondary N) is 2. The molecule has 2 aromatic rings. The summed E-state index contributed by atoms with van der Waals surface area (Å²) in [7, 11) is 0. The first-order valence-corrected chi connectivity index (χ1v) is 5.58. The minimum Gasteiger partial charge on any atom is -0.322 e. The first-order chi connectivity index (χ1) is 8.56. The average Bonchev–Trinajstić information content (AvgIpc) is 2.76. The molecule has 0 radical (unpaired) electrons. The Morgan fingerprint density at radius 3 is 2.94 bits per heavy atom. The molecule has 0 aliphatic carbocycles. The molecule has 0 fully saturated rings. The number of alkyl halides is 2. The summed E-state index contributed by atoms with van der Waals surface area (Å²) in [4.78, 5) is 15.3. The molecule has 18 heavy (non-hydrogen) atoms. The number of carbonyl (C=O) groups is 1. The number of H-pyrrole nitrogens is 1. The highest BCUT2D eigenvalue weighted by atomic mass is 35.5. The minimum absolute atomic E-state index is 0.434. The number of aryl methyl sites for hydroxylation is 1. The van der Waals surface area contributed by atoms with Gasteiger partial charge >= 0.3 is 0 Å². The van der Waals surface area contributed by atoms with Gasteiger partial charge in [-0.15, -0.1) is 0 Å². The standard InChI is InChI=1S/C11H10ClFN4O/c1-6-14-10(17-16-6)7-3-2-4-8(5-7)15-11(18)9(12)13/h2-5,9H,1H3,(H,15,18)(H,14,16,17). The van der Waals surface area contributed by atoms with E-state index in [4.69, 9.17) is 11.6 Å². The van der Waals surface area contributed by atoms with E-state index in [1.54, 1.807) is 31.2 Å². The summed E-state index contributed by atoms with van der Waals surface area (Å²) in [6.07, 6.45) is 0. The van der Waals surface area contributed by atoms with Crippen molar-refractivity contribution in [3.05, 3.63) is 30.1 Å². The number of hydrogen-bond acceptors (Lipinski definition) is 3. The van der Waals surface area contributed by atoms with Crippen LogP contribution in [-0.4, -0.2) is 26.7 Å². The van der Waals surface area contributed by atoms with E-state index < -0.39 is 11.5 Å². The highest BCUT2D eigenvalue weighted by molar-refractivity contribution is 6.31. The predicted molar refractivity (Wildman–Crippen MR) is 65.9 cm³/mol. The lowest BCUT2D eigenvalue weighted by atomic mass is 10.2.